The van der Waals surface area contributed by atoms with Gasteiger partial charge in [0.05, 0.1) is 12.8 Å². The number of aryl methyl sites for hydroxylation is 1. The molecule has 0 bridgehead atoms. The maximum absolute atomic E-state index is 5.60. The average molecular weight is 261 g/mol. The molecule has 0 aromatic carbocycles. The number of nitrogen functional groups attached to an aromatic ring is 1. The van der Waals surface area contributed by atoms with Gasteiger partial charge in [-0.1, -0.05) is 0 Å². The molecule has 2 N–H and O–H groups in total. The normalized spacial score (nSPS) is 10.4. The molecule has 0 atom stereocenters. The van der Waals surface area contributed by atoms with Crippen molar-refractivity contribution >= 4 is 5.95 Å². The Labute approximate surface area is 110 Å². The van der Waals surface area contributed by atoms with Crippen molar-refractivity contribution in [1.29, 1.82) is 0 Å². The molecular weight excluding hydrogens is 246 g/mol. The van der Waals surface area contributed by atoms with Crippen molar-refractivity contribution in [2.24, 2.45) is 0 Å². The zero-order valence-corrected chi connectivity index (χ0v) is 10.8. The molecule has 0 radical (unpaired) electrons. The van der Waals surface area contributed by atoms with E-state index < -0.39 is 0 Å². The largest absolute Gasteiger partial charge is 0.490 e. The second-order valence-corrected chi connectivity index (χ2v) is 3.82. The number of hydrogen-bond acceptors (Lipinski definition) is 7. The summed E-state index contributed by atoms with van der Waals surface area (Å²) in [5, 5.41) is 0. The SMILES string of the molecule is COCCOc1cncc(-c2nc(C)nc(N)n2)c1. The van der Waals surface area contributed by atoms with Crippen molar-refractivity contribution in [3.63, 3.8) is 0 Å². The van der Waals surface area contributed by atoms with E-state index in [1.54, 1.807) is 32.5 Å². The number of nitrogens with two attached hydrogens (primary N) is 1. The smallest absolute Gasteiger partial charge is 0.223 e. The van der Waals surface area contributed by atoms with Crippen LogP contribution in [0.2, 0.25) is 0 Å². The van der Waals surface area contributed by atoms with Crippen LogP contribution in [0.4, 0.5) is 5.95 Å². The Balaban J connectivity index is 2.22. The Morgan fingerprint density at radius 2 is 2.00 bits per heavy atom. The van der Waals surface area contributed by atoms with Crippen molar-refractivity contribution in [2.75, 3.05) is 26.1 Å². The second-order valence-electron chi connectivity index (χ2n) is 3.82. The maximum Gasteiger partial charge on any atom is 0.223 e. The molecule has 0 saturated carbocycles. The van der Waals surface area contributed by atoms with Gasteiger partial charge < -0.3 is 15.2 Å². The number of hydrogen-bond donors (Lipinski definition) is 1. The lowest BCUT2D eigenvalue weighted by Crippen LogP contribution is -2.05. The molecule has 2 aromatic heterocycles. The van der Waals surface area contributed by atoms with Crippen LogP contribution >= 0.6 is 0 Å². The molecule has 0 amide bonds. The Morgan fingerprint density at radius 3 is 2.74 bits per heavy atom. The average Bonchev–Trinajstić information content (AvgIpc) is 2.38. The Bertz CT molecular complexity index is 541. The molecule has 2 heterocycles. The standard InChI is InChI=1S/C12H15N5O2/c1-8-15-11(17-12(13)16-8)9-5-10(7-14-6-9)19-4-3-18-2/h5-7H,3-4H2,1-2H3,(H2,13,15,16,17). The van der Waals surface area contributed by atoms with Crippen molar-refractivity contribution in [1.82, 2.24) is 19.9 Å². The molecule has 19 heavy (non-hydrogen) atoms. The molecule has 0 saturated heterocycles. The monoisotopic (exact) mass is 261 g/mol. The van der Waals surface area contributed by atoms with Gasteiger partial charge in [-0.3, -0.25) is 4.98 Å². The Hall–Kier alpha value is -2.28. The number of nitrogens with zero attached hydrogens (tertiary/aromatic N) is 4. The number of pyridine rings is 1. The van der Waals surface area contributed by atoms with Gasteiger partial charge in [-0.05, 0) is 13.0 Å². The van der Waals surface area contributed by atoms with E-state index in [2.05, 4.69) is 19.9 Å². The topological polar surface area (TPSA) is 96.0 Å². The van der Waals surface area contributed by atoms with Crippen LogP contribution in [0.1, 0.15) is 5.82 Å². The second kappa shape index (κ2) is 6.05. The van der Waals surface area contributed by atoms with E-state index in [1.165, 1.54) is 0 Å². The number of rotatable bonds is 5. The van der Waals surface area contributed by atoms with Gasteiger partial charge in [0.1, 0.15) is 18.2 Å². The molecule has 0 aliphatic heterocycles. The van der Waals surface area contributed by atoms with Crippen LogP contribution in [-0.2, 0) is 4.74 Å². The fourth-order valence-corrected chi connectivity index (χ4v) is 1.49. The molecule has 0 aliphatic carbocycles. The van der Waals surface area contributed by atoms with Crippen molar-refractivity contribution in [3.05, 3.63) is 24.3 Å². The number of methoxy groups -OCH3 is 1. The van der Waals surface area contributed by atoms with Gasteiger partial charge in [0.2, 0.25) is 5.95 Å². The summed E-state index contributed by atoms with van der Waals surface area (Å²) in [6.45, 7) is 2.73. The lowest BCUT2D eigenvalue weighted by molar-refractivity contribution is 0.146. The highest BCUT2D eigenvalue weighted by molar-refractivity contribution is 5.56. The molecule has 100 valence electrons. The van der Waals surface area contributed by atoms with Crippen LogP contribution < -0.4 is 10.5 Å². The van der Waals surface area contributed by atoms with Gasteiger partial charge in [-0.25, -0.2) is 4.98 Å². The summed E-state index contributed by atoms with van der Waals surface area (Å²) < 4.78 is 10.4. The number of ether oxygens (including phenoxy) is 2. The van der Waals surface area contributed by atoms with Gasteiger partial charge >= 0.3 is 0 Å². The molecule has 7 nitrogen and oxygen atoms in total. The third-order valence-corrected chi connectivity index (χ3v) is 2.29. The van der Waals surface area contributed by atoms with Gasteiger partial charge in [-0.2, -0.15) is 9.97 Å². The first kappa shape index (κ1) is 13.2. The minimum Gasteiger partial charge on any atom is -0.490 e. The lowest BCUT2D eigenvalue weighted by atomic mass is 10.2. The van der Waals surface area contributed by atoms with Crippen molar-refractivity contribution < 1.29 is 9.47 Å². The molecule has 2 aromatic rings. The molecule has 0 aliphatic rings. The summed E-state index contributed by atoms with van der Waals surface area (Å²) in [5.74, 6) is 1.86. The first-order chi connectivity index (χ1) is 9.19. The summed E-state index contributed by atoms with van der Waals surface area (Å²) in [4.78, 5) is 16.3. The van der Waals surface area contributed by atoms with E-state index in [9.17, 15) is 0 Å². The first-order valence-electron chi connectivity index (χ1n) is 5.74. The number of anilines is 1. The Kier molecular flexibility index (Phi) is 4.19. The fraction of sp³-hybridized carbons (Fsp3) is 0.333. The molecule has 7 heteroatoms. The summed E-state index contributed by atoms with van der Waals surface area (Å²) in [6, 6.07) is 1.80. The van der Waals surface area contributed by atoms with Gasteiger partial charge in [-0.15, -0.1) is 0 Å². The molecule has 0 unspecified atom stereocenters. The summed E-state index contributed by atoms with van der Waals surface area (Å²) in [7, 11) is 1.62. The molecule has 0 spiro atoms. The van der Waals surface area contributed by atoms with E-state index >= 15 is 0 Å². The van der Waals surface area contributed by atoms with Crippen LogP contribution in [0.15, 0.2) is 18.5 Å². The minimum absolute atomic E-state index is 0.188. The zero-order chi connectivity index (χ0) is 13.7. The van der Waals surface area contributed by atoms with Gasteiger partial charge in [0, 0.05) is 18.9 Å². The van der Waals surface area contributed by atoms with Crippen molar-refractivity contribution in [2.45, 2.75) is 6.92 Å². The highest BCUT2D eigenvalue weighted by Crippen LogP contribution is 2.19. The van der Waals surface area contributed by atoms with Crippen LogP contribution in [0.25, 0.3) is 11.4 Å². The van der Waals surface area contributed by atoms with E-state index in [4.69, 9.17) is 15.2 Å². The number of aromatic nitrogens is 4. The van der Waals surface area contributed by atoms with E-state index in [-0.39, 0.29) is 5.95 Å². The first-order valence-corrected chi connectivity index (χ1v) is 5.74. The van der Waals surface area contributed by atoms with Crippen LogP contribution in [0.5, 0.6) is 5.75 Å². The summed E-state index contributed by atoms with van der Waals surface area (Å²) >= 11 is 0. The van der Waals surface area contributed by atoms with Crippen LogP contribution in [0, 0.1) is 6.92 Å². The van der Waals surface area contributed by atoms with Gasteiger partial charge in [0.25, 0.3) is 0 Å². The summed E-state index contributed by atoms with van der Waals surface area (Å²) in [6.07, 6.45) is 3.27. The summed E-state index contributed by atoms with van der Waals surface area (Å²) in [5.41, 5.74) is 6.33. The van der Waals surface area contributed by atoms with E-state index in [0.717, 1.165) is 5.56 Å². The quantitative estimate of drug-likeness (QED) is 0.797. The van der Waals surface area contributed by atoms with Gasteiger partial charge in [0.15, 0.2) is 5.82 Å². The van der Waals surface area contributed by atoms with Crippen LogP contribution in [0.3, 0.4) is 0 Å². The van der Waals surface area contributed by atoms with E-state index in [1.807, 2.05) is 0 Å². The Morgan fingerprint density at radius 1 is 1.16 bits per heavy atom. The highest BCUT2D eigenvalue weighted by Gasteiger charge is 2.06. The molecular formula is C12H15N5O2. The molecule has 2 rings (SSSR count). The molecule has 0 fully saturated rings. The van der Waals surface area contributed by atoms with Crippen LogP contribution in [-0.4, -0.2) is 40.3 Å². The lowest BCUT2D eigenvalue weighted by Gasteiger charge is -2.07. The predicted molar refractivity (Wildman–Crippen MR) is 69.6 cm³/mol. The zero-order valence-electron chi connectivity index (χ0n) is 10.8. The minimum atomic E-state index is 0.188. The van der Waals surface area contributed by atoms with E-state index in [0.29, 0.717) is 30.6 Å². The predicted octanol–water partition coefficient (Wildman–Crippen LogP) is 0.849. The fourth-order valence-electron chi connectivity index (χ4n) is 1.49. The maximum atomic E-state index is 5.60. The third-order valence-electron chi connectivity index (χ3n) is 2.29. The van der Waals surface area contributed by atoms with Crippen molar-refractivity contribution in [3.8, 4) is 17.1 Å². The third kappa shape index (κ3) is 3.59. The highest BCUT2D eigenvalue weighted by atomic mass is 16.5.